The summed E-state index contributed by atoms with van der Waals surface area (Å²) in [6, 6.07) is 3.24. The maximum atomic E-state index is 14.2. The van der Waals surface area contributed by atoms with Gasteiger partial charge in [0.2, 0.25) is 11.7 Å². The van der Waals surface area contributed by atoms with E-state index in [1.165, 1.54) is 6.42 Å². The first kappa shape index (κ1) is 26.2. The first-order valence-corrected chi connectivity index (χ1v) is 12.5. The van der Waals surface area contributed by atoms with Crippen LogP contribution in [0.2, 0.25) is 0 Å². The summed E-state index contributed by atoms with van der Waals surface area (Å²) in [5, 5.41) is 0. The Bertz CT molecular complexity index is 830. The van der Waals surface area contributed by atoms with Crippen LogP contribution in [0.1, 0.15) is 83.6 Å². The summed E-state index contributed by atoms with van der Waals surface area (Å²) in [6.07, 6.45) is 7.80. The van der Waals surface area contributed by atoms with E-state index in [1.54, 1.807) is 26.2 Å². The number of methoxy groups -OCH3 is 3. The van der Waals surface area contributed by atoms with Crippen molar-refractivity contribution in [3.8, 4) is 17.2 Å². The van der Waals surface area contributed by atoms with Gasteiger partial charge < -0.3 is 23.8 Å². The molecule has 1 heterocycles. The molecule has 7 heteroatoms. The van der Waals surface area contributed by atoms with Gasteiger partial charge in [0, 0.05) is 6.54 Å². The highest BCUT2D eigenvalue weighted by Gasteiger charge is 2.41. The summed E-state index contributed by atoms with van der Waals surface area (Å²) in [7, 11) is 4.74. The number of benzene rings is 1. The van der Waals surface area contributed by atoms with Crippen LogP contribution >= 0.6 is 0 Å². The standard InChI is InChI=1S/C27H41NO6/c1-27(2,3)34-26(30)20-14-10-11-15-28(20)25(29)23(18-12-8-7-9-13-18)19-16-21(31-4)24(33-6)22(17-19)32-5/h16-18,20,23H,7-15H2,1-6H3. The molecule has 7 nitrogen and oxygen atoms in total. The third kappa shape index (κ3) is 5.97. The van der Waals surface area contributed by atoms with Crippen molar-refractivity contribution < 1.29 is 28.5 Å². The Morgan fingerprint density at radius 2 is 1.47 bits per heavy atom. The molecule has 34 heavy (non-hydrogen) atoms. The zero-order valence-corrected chi connectivity index (χ0v) is 21.6. The number of hydrogen-bond acceptors (Lipinski definition) is 6. The molecule has 1 aromatic rings. The molecule has 2 unspecified atom stereocenters. The van der Waals surface area contributed by atoms with E-state index >= 15 is 0 Å². The van der Waals surface area contributed by atoms with Crippen molar-refractivity contribution in [2.24, 2.45) is 5.92 Å². The van der Waals surface area contributed by atoms with Gasteiger partial charge in [0.25, 0.3) is 0 Å². The molecule has 1 saturated heterocycles. The van der Waals surface area contributed by atoms with E-state index in [1.807, 2.05) is 32.9 Å². The van der Waals surface area contributed by atoms with E-state index in [0.29, 0.717) is 30.2 Å². The van der Waals surface area contributed by atoms with Crippen molar-refractivity contribution in [3.05, 3.63) is 17.7 Å². The van der Waals surface area contributed by atoms with Gasteiger partial charge in [-0.2, -0.15) is 0 Å². The number of piperidine rings is 1. The van der Waals surface area contributed by atoms with Gasteiger partial charge in [0.05, 0.1) is 27.2 Å². The van der Waals surface area contributed by atoms with Gasteiger partial charge in [-0.15, -0.1) is 0 Å². The van der Waals surface area contributed by atoms with Gasteiger partial charge in [-0.3, -0.25) is 4.79 Å². The Morgan fingerprint density at radius 1 is 0.882 bits per heavy atom. The molecular weight excluding hydrogens is 434 g/mol. The van der Waals surface area contributed by atoms with Crippen LogP contribution in [0.25, 0.3) is 0 Å². The number of likely N-dealkylation sites (tertiary alicyclic amines) is 1. The van der Waals surface area contributed by atoms with E-state index in [4.69, 9.17) is 18.9 Å². The maximum Gasteiger partial charge on any atom is 0.329 e. The fourth-order valence-corrected chi connectivity index (χ4v) is 5.35. The molecule has 1 amide bonds. The lowest BCUT2D eigenvalue weighted by Gasteiger charge is -2.40. The molecular formula is C27H41NO6. The molecule has 190 valence electrons. The van der Waals surface area contributed by atoms with Crippen molar-refractivity contribution in [3.63, 3.8) is 0 Å². The number of ether oxygens (including phenoxy) is 4. The van der Waals surface area contributed by atoms with Gasteiger partial charge in [-0.25, -0.2) is 4.79 Å². The SMILES string of the molecule is COc1cc(C(C(=O)N2CCCCC2C(=O)OC(C)(C)C)C2CCCCC2)cc(OC)c1OC. The Morgan fingerprint density at radius 3 is 2.00 bits per heavy atom. The lowest BCUT2D eigenvalue weighted by molar-refractivity contribution is -0.167. The summed E-state index contributed by atoms with van der Waals surface area (Å²) in [4.78, 5) is 29.1. The molecule has 0 radical (unpaired) electrons. The maximum absolute atomic E-state index is 14.2. The number of esters is 1. The van der Waals surface area contributed by atoms with Crippen LogP contribution in [0.3, 0.4) is 0 Å². The highest BCUT2D eigenvalue weighted by molar-refractivity contribution is 5.89. The van der Waals surface area contributed by atoms with E-state index in [9.17, 15) is 9.59 Å². The molecule has 1 saturated carbocycles. The van der Waals surface area contributed by atoms with Gasteiger partial charge in [-0.05, 0) is 76.5 Å². The molecule has 0 N–H and O–H groups in total. The third-order valence-electron chi connectivity index (χ3n) is 6.90. The predicted octanol–water partition coefficient (Wildman–Crippen LogP) is 5.10. The molecule has 3 rings (SSSR count). The van der Waals surface area contributed by atoms with Crippen molar-refractivity contribution in [1.82, 2.24) is 4.90 Å². The van der Waals surface area contributed by atoms with Crippen LogP contribution in [0.15, 0.2) is 12.1 Å². The number of rotatable bonds is 7. The second-order valence-corrected chi connectivity index (χ2v) is 10.4. The molecule has 0 spiro atoms. The fourth-order valence-electron chi connectivity index (χ4n) is 5.35. The molecule has 0 bridgehead atoms. The first-order chi connectivity index (χ1) is 16.2. The topological polar surface area (TPSA) is 74.3 Å². The van der Waals surface area contributed by atoms with Crippen LogP contribution in [0, 0.1) is 5.92 Å². The minimum Gasteiger partial charge on any atom is -0.493 e. The molecule has 0 aromatic heterocycles. The zero-order chi connectivity index (χ0) is 24.9. The molecule has 2 aliphatic rings. The van der Waals surface area contributed by atoms with E-state index in [2.05, 4.69) is 0 Å². The van der Waals surface area contributed by atoms with E-state index < -0.39 is 11.6 Å². The molecule has 2 fully saturated rings. The minimum atomic E-state index is -0.595. The van der Waals surface area contributed by atoms with E-state index in [0.717, 1.165) is 44.1 Å². The first-order valence-electron chi connectivity index (χ1n) is 12.5. The molecule has 1 aliphatic carbocycles. The lowest BCUT2D eigenvalue weighted by atomic mass is 9.75. The van der Waals surface area contributed by atoms with Gasteiger partial charge in [0.1, 0.15) is 11.6 Å². The Balaban J connectivity index is 2.02. The number of carbonyl (C=O) groups excluding carboxylic acids is 2. The summed E-state index contributed by atoms with van der Waals surface area (Å²) in [5.41, 5.74) is 0.253. The second kappa shape index (κ2) is 11.3. The van der Waals surface area contributed by atoms with Crippen LogP contribution < -0.4 is 14.2 Å². The van der Waals surface area contributed by atoms with Gasteiger partial charge in [0.15, 0.2) is 11.5 Å². The minimum absolute atomic E-state index is 0.00303. The Labute approximate surface area is 204 Å². The van der Waals surface area contributed by atoms with Crippen molar-refractivity contribution >= 4 is 11.9 Å². The van der Waals surface area contributed by atoms with Crippen LogP contribution in [0.5, 0.6) is 17.2 Å². The van der Waals surface area contributed by atoms with Crippen molar-refractivity contribution in [2.75, 3.05) is 27.9 Å². The summed E-state index contributed by atoms with van der Waals surface area (Å²) in [6.45, 7) is 6.15. The lowest BCUT2D eigenvalue weighted by Crippen LogP contribution is -2.52. The molecule has 2 atom stereocenters. The number of nitrogens with zero attached hydrogens (tertiary/aromatic N) is 1. The zero-order valence-electron chi connectivity index (χ0n) is 21.6. The quantitative estimate of drug-likeness (QED) is 0.511. The van der Waals surface area contributed by atoms with Crippen molar-refractivity contribution in [1.29, 1.82) is 0 Å². The number of amides is 1. The molecule has 1 aromatic carbocycles. The van der Waals surface area contributed by atoms with Crippen LogP contribution in [-0.4, -0.2) is 56.3 Å². The summed E-state index contributed by atoms with van der Waals surface area (Å²) < 4.78 is 22.4. The largest absolute Gasteiger partial charge is 0.493 e. The predicted molar refractivity (Wildman–Crippen MR) is 131 cm³/mol. The van der Waals surface area contributed by atoms with Gasteiger partial charge >= 0.3 is 5.97 Å². The van der Waals surface area contributed by atoms with Gasteiger partial charge in [-0.1, -0.05) is 19.3 Å². The third-order valence-corrected chi connectivity index (χ3v) is 6.90. The summed E-state index contributed by atoms with van der Waals surface area (Å²) in [5.74, 6) is 1.08. The number of hydrogen-bond donors (Lipinski definition) is 0. The highest BCUT2D eigenvalue weighted by Crippen LogP contribution is 2.45. The Kier molecular flexibility index (Phi) is 8.72. The second-order valence-electron chi connectivity index (χ2n) is 10.4. The normalized spacial score (nSPS) is 20.4. The smallest absolute Gasteiger partial charge is 0.329 e. The highest BCUT2D eigenvalue weighted by atomic mass is 16.6. The molecule has 1 aliphatic heterocycles. The van der Waals surface area contributed by atoms with E-state index in [-0.39, 0.29) is 23.7 Å². The average Bonchev–Trinajstić information content (AvgIpc) is 2.83. The Hall–Kier alpha value is -2.44. The average molecular weight is 476 g/mol. The van der Waals surface area contributed by atoms with Crippen LogP contribution in [-0.2, 0) is 14.3 Å². The monoisotopic (exact) mass is 475 g/mol. The number of carbonyl (C=O) groups is 2. The fraction of sp³-hybridized carbons (Fsp3) is 0.704. The van der Waals surface area contributed by atoms with Crippen molar-refractivity contribution in [2.45, 2.75) is 89.7 Å². The van der Waals surface area contributed by atoms with Crippen LogP contribution in [0.4, 0.5) is 0 Å². The summed E-state index contributed by atoms with van der Waals surface area (Å²) >= 11 is 0.